The highest BCUT2D eigenvalue weighted by molar-refractivity contribution is 7.08. The molecule has 0 atom stereocenters. The SMILES string of the molecule is COC(=O)c1cscc1NC(=O)COc1ccc(C(C)C)cc1. The van der Waals surface area contributed by atoms with Crippen LogP contribution in [-0.4, -0.2) is 25.6 Å². The number of rotatable bonds is 6. The van der Waals surface area contributed by atoms with Crippen LogP contribution in [0.5, 0.6) is 5.75 Å². The van der Waals surface area contributed by atoms with Gasteiger partial charge in [0.15, 0.2) is 6.61 Å². The number of ether oxygens (including phenoxy) is 2. The van der Waals surface area contributed by atoms with Gasteiger partial charge in [0.2, 0.25) is 0 Å². The lowest BCUT2D eigenvalue weighted by Crippen LogP contribution is -2.21. The maximum atomic E-state index is 11.9. The van der Waals surface area contributed by atoms with Crippen molar-refractivity contribution in [3.8, 4) is 5.75 Å². The summed E-state index contributed by atoms with van der Waals surface area (Å²) in [5.74, 6) is 0.263. The number of carbonyl (C=O) groups is 2. The molecule has 2 aromatic rings. The zero-order chi connectivity index (χ0) is 16.8. The fraction of sp³-hybridized carbons (Fsp3) is 0.294. The van der Waals surface area contributed by atoms with Crippen molar-refractivity contribution in [2.75, 3.05) is 19.0 Å². The van der Waals surface area contributed by atoms with Gasteiger partial charge in [-0.3, -0.25) is 4.79 Å². The Morgan fingerprint density at radius 1 is 1.17 bits per heavy atom. The van der Waals surface area contributed by atoms with Crippen LogP contribution in [0.1, 0.15) is 35.7 Å². The maximum absolute atomic E-state index is 11.9. The van der Waals surface area contributed by atoms with E-state index in [1.165, 1.54) is 24.0 Å². The fourth-order valence-corrected chi connectivity index (χ4v) is 2.70. The summed E-state index contributed by atoms with van der Waals surface area (Å²) < 4.78 is 10.1. The molecule has 122 valence electrons. The van der Waals surface area contributed by atoms with Crippen molar-refractivity contribution in [3.63, 3.8) is 0 Å². The first kappa shape index (κ1) is 17.0. The van der Waals surface area contributed by atoms with Crippen molar-refractivity contribution in [1.29, 1.82) is 0 Å². The first-order valence-electron chi connectivity index (χ1n) is 7.18. The predicted octanol–water partition coefficient (Wildman–Crippen LogP) is 3.68. The molecule has 6 heteroatoms. The van der Waals surface area contributed by atoms with Crippen LogP contribution in [0.3, 0.4) is 0 Å². The highest BCUT2D eigenvalue weighted by atomic mass is 32.1. The standard InChI is InChI=1S/C17H19NO4S/c1-11(2)12-4-6-13(7-5-12)22-8-16(19)18-15-10-23-9-14(15)17(20)21-3/h4-7,9-11H,8H2,1-3H3,(H,18,19). The van der Waals surface area contributed by atoms with Gasteiger partial charge >= 0.3 is 5.97 Å². The Bertz CT molecular complexity index is 676. The summed E-state index contributed by atoms with van der Waals surface area (Å²) in [5.41, 5.74) is 1.99. The largest absolute Gasteiger partial charge is 0.484 e. The van der Waals surface area contributed by atoms with Crippen molar-refractivity contribution in [3.05, 3.63) is 46.2 Å². The third kappa shape index (κ3) is 4.56. The van der Waals surface area contributed by atoms with E-state index in [1.807, 2.05) is 24.3 Å². The van der Waals surface area contributed by atoms with E-state index in [2.05, 4.69) is 23.9 Å². The van der Waals surface area contributed by atoms with Gasteiger partial charge in [-0.25, -0.2) is 4.79 Å². The van der Waals surface area contributed by atoms with Gasteiger partial charge in [-0.1, -0.05) is 26.0 Å². The van der Waals surface area contributed by atoms with Crippen LogP contribution in [0, 0.1) is 0 Å². The average molecular weight is 333 g/mol. The van der Waals surface area contributed by atoms with Crippen LogP contribution in [-0.2, 0) is 9.53 Å². The highest BCUT2D eigenvalue weighted by Crippen LogP contribution is 2.22. The second kappa shape index (κ2) is 7.78. The van der Waals surface area contributed by atoms with E-state index in [-0.39, 0.29) is 12.5 Å². The second-order valence-corrected chi connectivity index (χ2v) is 5.99. The van der Waals surface area contributed by atoms with Gasteiger partial charge in [0.25, 0.3) is 5.91 Å². The number of benzene rings is 1. The Balaban J connectivity index is 1.90. The molecule has 2 rings (SSSR count). The van der Waals surface area contributed by atoms with Crippen molar-refractivity contribution in [2.45, 2.75) is 19.8 Å². The van der Waals surface area contributed by atoms with Crippen LogP contribution < -0.4 is 10.1 Å². The molecule has 1 N–H and O–H groups in total. The van der Waals surface area contributed by atoms with Crippen molar-refractivity contribution < 1.29 is 19.1 Å². The molecule has 0 spiro atoms. The molecule has 1 aromatic carbocycles. The molecule has 0 unspecified atom stereocenters. The van der Waals surface area contributed by atoms with Crippen molar-refractivity contribution >= 4 is 28.9 Å². The Morgan fingerprint density at radius 2 is 1.87 bits per heavy atom. The van der Waals surface area contributed by atoms with Gasteiger partial charge in [0.1, 0.15) is 5.75 Å². The Labute approximate surface area is 139 Å². The number of anilines is 1. The zero-order valence-corrected chi connectivity index (χ0v) is 14.1. The minimum atomic E-state index is -0.480. The number of hydrogen-bond donors (Lipinski definition) is 1. The first-order valence-corrected chi connectivity index (χ1v) is 8.12. The lowest BCUT2D eigenvalue weighted by Gasteiger charge is -2.09. The summed E-state index contributed by atoms with van der Waals surface area (Å²) in [6, 6.07) is 7.64. The van der Waals surface area contributed by atoms with Crippen LogP contribution in [0.2, 0.25) is 0 Å². The fourth-order valence-electron chi connectivity index (χ4n) is 1.95. The Kier molecular flexibility index (Phi) is 5.76. The summed E-state index contributed by atoms with van der Waals surface area (Å²) in [4.78, 5) is 23.5. The molecular formula is C17H19NO4S. The third-order valence-corrected chi connectivity index (χ3v) is 4.00. The van der Waals surface area contributed by atoms with Gasteiger partial charge in [0.05, 0.1) is 18.4 Å². The monoisotopic (exact) mass is 333 g/mol. The molecular weight excluding hydrogens is 314 g/mol. The van der Waals surface area contributed by atoms with E-state index in [9.17, 15) is 9.59 Å². The number of amides is 1. The molecule has 23 heavy (non-hydrogen) atoms. The number of nitrogens with one attached hydrogen (secondary N) is 1. The summed E-state index contributed by atoms with van der Waals surface area (Å²) in [6.45, 7) is 4.10. The molecule has 1 amide bonds. The molecule has 0 saturated heterocycles. The highest BCUT2D eigenvalue weighted by Gasteiger charge is 2.15. The van der Waals surface area contributed by atoms with E-state index >= 15 is 0 Å². The van der Waals surface area contributed by atoms with E-state index in [1.54, 1.807) is 10.8 Å². The van der Waals surface area contributed by atoms with Gasteiger partial charge in [-0.05, 0) is 23.6 Å². The molecule has 0 bridgehead atoms. The quantitative estimate of drug-likeness (QED) is 0.819. The van der Waals surface area contributed by atoms with Gasteiger partial charge in [-0.2, -0.15) is 0 Å². The topological polar surface area (TPSA) is 64.6 Å². The zero-order valence-electron chi connectivity index (χ0n) is 13.3. The number of hydrogen-bond acceptors (Lipinski definition) is 5. The average Bonchev–Trinajstić information content (AvgIpc) is 3.00. The molecule has 0 saturated carbocycles. The predicted molar refractivity (Wildman–Crippen MR) is 90.3 cm³/mol. The minimum Gasteiger partial charge on any atom is -0.484 e. The lowest BCUT2D eigenvalue weighted by atomic mass is 10.0. The molecule has 0 aliphatic rings. The Morgan fingerprint density at radius 3 is 2.48 bits per heavy atom. The normalized spacial score (nSPS) is 10.4. The molecule has 1 aromatic heterocycles. The van der Waals surface area contributed by atoms with Crippen molar-refractivity contribution in [2.24, 2.45) is 0 Å². The molecule has 5 nitrogen and oxygen atoms in total. The lowest BCUT2D eigenvalue weighted by molar-refractivity contribution is -0.118. The summed E-state index contributed by atoms with van der Waals surface area (Å²) in [5, 5.41) is 5.97. The van der Waals surface area contributed by atoms with Crippen LogP contribution in [0.25, 0.3) is 0 Å². The number of thiophene rings is 1. The number of carbonyl (C=O) groups excluding carboxylic acids is 2. The number of methoxy groups -OCH3 is 1. The van der Waals surface area contributed by atoms with Gasteiger partial charge in [0, 0.05) is 10.8 Å². The minimum absolute atomic E-state index is 0.127. The maximum Gasteiger partial charge on any atom is 0.340 e. The second-order valence-electron chi connectivity index (χ2n) is 5.25. The van der Waals surface area contributed by atoms with E-state index in [0.717, 1.165) is 0 Å². The molecule has 0 aliphatic carbocycles. The van der Waals surface area contributed by atoms with E-state index < -0.39 is 5.97 Å². The summed E-state index contributed by atoms with van der Waals surface area (Å²) in [6.07, 6.45) is 0. The smallest absolute Gasteiger partial charge is 0.340 e. The van der Waals surface area contributed by atoms with Gasteiger partial charge in [-0.15, -0.1) is 11.3 Å². The molecule has 0 fully saturated rings. The van der Waals surface area contributed by atoms with Crippen LogP contribution >= 0.6 is 11.3 Å². The van der Waals surface area contributed by atoms with Crippen LogP contribution in [0.15, 0.2) is 35.0 Å². The van der Waals surface area contributed by atoms with E-state index in [4.69, 9.17) is 4.74 Å². The van der Waals surface area contributed by atoms with Crippen molar-refractivity contribution in [1.82, 2.24) is 0 Å². The molecule has 1 heterocycles. The first-order chi connectivity index (χ1) is 11.0. The third-order valence-electron chi connectivity index (χ3n) is 3.26. The summed E-state index contributed by atoms with van der Waals surface area (Å²) >= 11 is 1.31. The van der Waals surface area contributed by atoms with Gasteiger partial charge < -0.3 is 14.8 Å². The number of esters is 1. The molecule has 0 radical (unpaired) electrons. The Hall–Kier alpha value is -2.34. The van der Waals surface area contributed by atoms with E-state index in [0.29, 0.717) is 22.9 Å². The molecule has 0 aliphatic heterocycles. The summed E-state index contributed by atoms with van der Waals surface area (Å²) in [7, 11) is 1.30. The van der Waals surface area contributed by atoms with Crippen LogP contribution in [0.4, 0.5) is 5.69 Å².